The molecule has 2 aliphatic heterocycles. The van der Waals surface area contributed by atoms with Crippen LogP contribution in [0.5, 0.6) is 0 Å². The molecule has 1 amide bonds. The second-order valence-corrected chi connectivity index (χ2v) is 4.54. The lowest BCUT2D eigenvalue weighted by Gasteiger charge is -2.20. The minimum absolute atomic E-state index is 0.0892. The highest BCUT2D eigenvalue weighted by atomic mass is 16.5. The maximum absolute atomic E-state index is 12.0. The van der Waals surface area contributed by atoms with Gasteiger partial charge in [0, 0.05) is 26.1 Å². The zero-order valence-corrected chi connectivity index (χ0v) is 9.37. The van der Waals surface area contributed by atoms with Gasteiger partial charge in [-0.1, -0.05) is 0 Å². The molecule has 86 valence electrons. The molecule has 0 spiro atoms. The number of nitrogens with one attached hydrogen (secondary N) is 1. The average Bonchev–Trinajstić information content (AvgIpc) is 2.87. The molecule has 2 saturated heterocycles. The lowest BCUT2D eigenvalue weighted by Crippen LogP contribution is -2.42. The molecule has 0 aromatic rings. The van der Waals surface area contributed by atoms with Crippen molar-refractivity contribution in [3.63, 3.8) is 0 Å². The molecule has 2 heterocycles. The zero-order valence-electron chi connectivity index (χ0n) is 9.37. The molecule has 2 fully saturated rings. The van der Waals surface area contributed by atoms with Crippen molar-refractivity contribution in [2.24, 2.45) is 5.92 Å². The van der Waals surface area contributed by atoms with Gasteiger partial charge < -0.3 is 15.0 Å². The number of likely N-dealkylation sites (tertiary alicyclic amines) is 1. The highest BCUT2D eigenvalue weighted by molar-refractivity contribution is 5.82. The van der Waals surface area contributed by atoms with E-state index in [2.05, 4.69) is 5.32 Å². The van der Waals surface area contributed by atoms with Crippen molar-refractivity contribution in [3.8, 4) is 0 Å². The Morgan fingerprint density at radius 3 is 3.07 bits per heavy atom. The molecular weight excluding hydrogens is 192 g/mol. The predicted molar refractivity (Wildman–Crippen MR) is 57.6 cm³/mol. The first-order valence-electron chi connectivity index (χ1n) is 5.82. The number of ether oxygens (including phenoxy) is 1. The van der Waals surface area contributed by atoms with E-state index in [-0.39, 0.29) is 6.04 Å². The third kappa shape index (κ3) is 2.49. The van der Waals surface area contributed by atoms with Crippen molar-refractivity contribution < 1.29 is 9.53 Å². The van der Waals surface area contributed by atoms with Crippen LogP contribution in [-0.4, -0.2) is 50.2 Å². The molecule has 0 aromatic heterocycles. The van der Waals surface area contributed by atoms with Crippen LogP contribution in [0.4, 0.5) is 0 Å². The average molecular weight is 212 g/mol. The first-order chi connectivity index (χ1) is 7.31. The number of rotatable bonds is 3. The topological polar surface area (TPSA) is 41.6 Å². The number of methoxy groups -OCH3 is 1. The predicted octanol–water partition coefficient (Wildman–Crippen LogP) is 0.233. The van der Waals surface area contributed by atoms with Crippen LogP contribution >= 0.6 is 0 Å². The number of carbonyl (C=O) groups excluding carboxylic acids is 1. The molecule has 4 nitrogen and oxygen atoms in total. The van der Waals surface area contributed by atoms with E-state index < -0.39 is 0 Å². The molecule has 2 aliphatic rings. The normalized spacial score (nSPS) is 31.1. The van der Waals surface area contributed by atoms with E-state index in [1.807, 2.05) is 4.90 Å². The van der Waals surface area contributed by atoms with Crippen LogP contribution < -0.4 is 5.32 Å². The minimum Gasteiger partial charge on any atom is -0.384 e. The summed E-state index contributed by atoms with van der Waals surface area (Å²) in [4.78, 5) is 14.0. The van der Waals surface area contributed by atoms with Crippen LogP contribution in [0.1, 0.15) is 19.3 Å². The van der Waals surface area contributed by atoms with E-state index in [0.717, 1.165) is 45.5 Å². The van der Waals surface area contributed by atoms with E-state index in [1.54, 1.807) is 7.11 Å². The van der Waals surface area contributed by atoms with Crippen molar-refractivity contribution in [1.82, 2.24) is 10.2 Å². The largest absolute Gasteiger partial charge is 0.384 e. The first-order valence-corrected chi connectivity index (χ1v) is 5.82. The Labute approximate surface area is 91.0 Å². The second kappa shape index (κ2) is 4.94. The van der Waals surface area contributed by atoms with Crippen LogP contribution in [0.2, 0.25) is 0 Å². The summed E-state index contributed by atoms with van der Waals surface area (Å²) < 4.78 is 5.13. The van der Waals surface area contributed by atoms with Crippen molar-refractivity contribution >= 4 is 5.91 Å². The van der Waals surface area contributed by atoms with Gasteiger partial charge >= 0.3 is 0 Å². The third-order valence-corrected chi connectivity index (χ3v) is 3.36. The van der Waals surface area contributed by atoms with Crippen molar-refractivity contribution in [2.75, 3.05) is 33.4 Å². The van der Waals surface area contributed by atoms with E-state index in [0.29, 0.717) is 11.8 Å². The molecular formula is C11H20N2O2. The summed E-state index contributed by atoms with van der Waals surface area (Å²) in [5.74, 6) is 0.839. The molecule has 0 unspecified atom stereocenters. The summed E-state index contributed by atoms with van der Waals surface area (Å²) in [5, 5.41) is 3.26. The minimum atomic E-state index is 0.0892. The molecule has 1 N–H and O–H groups in total. The Morgan fingerprint density at radius 2 is 2.40 bits per heavy atom. The van der Waals surface area contributed by atoms with E-state index in [4.69, 9.17) is 4.74 Å². The van der Waals surface area contributed by atoms with Gasteiger partial charge in [-0.3, -0.25) is 4.79 Å². The van der Waals surface area contributed by atoms with Gasteiger partial charge in [-0.05, 0) is 25.8 Å². The Bertz CT molecular complexity index is 227. The quantitative estimate of drug-likeness (QED) is 0.728. The summed E-state index contributed by atoms with van der Waals surface area (Å²) >= 11 is 0. The fourth-order valence-corrected chi connectivity index (χ4v) is 2.52. The number of hydrogen-bond acceptors (Lipinski definition) is 3. The molecule has 0 aliphatic carbocycles. The van der Waals surface area contributed by atoms with Gasteiger partial charge in [-0.2, -0.15) is 0 Å². The maximum Gasteiger partial charge on any atom is 0.239 e. The Hall–Kier alpha value is -0.610. The van der Waals surface area contributed by atoms with E-state index in [9.17, 15) is 4.79 Å². The van der Waals surface area contributed by atoms with Gasteiger partial charge in [0.2, 0.25) is 5.91 Å². The lowest BCUT2D eigenvalue weighted by molar-refractivity contribution is -0.132. The fourth-order valence-electron chi connectivity index (χ4n) is 2.52. The fraction of sp³-hybridized carbons (Fsp3) is 0.909. The Balaban J connectivity index is 1.81. The maximum atomic E-state index is 12.0. The summed E-state index contributed by atoms with van der Waals surface area (Å²) in [7, 11) is 1.73. The zero-order chi connectivity index (χ0) is 10.7. The van der Waals surface area contributed by atoms with Gasteiger partial charge in [0.05, 0.1) is 12.6 Å². The number of carbonyl (C=O) groups is 1. The molecule has 0 radical (unpaired) electrons. The first kappa shape index (κ1) is 10.9. The smallest absolute Gasteiger partial charge is 0.239 e. The summed E-state index contributed by atoms with van der Waals surface area (Å²) in [6, 6.07) is 0.0892. The lowest BCUT2D eigenvalue weighted by atomic mass is 10.1. The SMILES string of the molecule is COC[C@@H]1CCN(C(=O)[C@@H]2CCCN2)C1. The molecule has 0 saturated carbocycles. The highest BCUT2D eigenvalue weighted by Gasteiger charge is 2.31. The van der Waals surface area contributed by atoms with Crippen LogP contribution in [0, 0.1) is 5.92 Å². The molecule has 0 bridgehead atoms. The van der Waals surface area contributed by atoms with Crippen LogP contribution in [-0.2, 0) is 9.53 Å². The van der Waals surface area contributed by atoms with Gasteiger partial charge in [0.15, 0.2) is 0 Å². The number of nitrogens with zero attached hydrogens (tertiary/aromatic N) is 1. The van der Waals surface area contributed by atoms with Gasteiger partial charge in [0.25, 0.3) is 0 Å². The standard InChI is InChI=1S/C11H20N2O2/c1-15-8-9-4-6-13(7-9)11(14)10-3-2-5-12-10/h9-10,12H,2-8H2,1H3/t9-,10+/m1/s1. The number of amides is 1. The van der Waals surface area contributed by atoms with Crippen LogP contribution in [0.25, 0.3) is 0 Å². The van der Waals surface area contributed by atoms with Gasteiger partial charge in [-0.15, -0.1) is 0 Å². The van der Waals surface area contributed by atoms with E-state index in [1.165, 1.54) is 0 Å². The van der Waals surface area contributed by atoms with Crippen molar-refractivity contribution in [1.29, 1.82) is 0 Å². The highest BCUT2D eigenvalue weighted by Crippen LogP contribution is 2.19. The molecule has 4 heteroatoms. The third-order valence-electron chi connectivity index (χ3n) is 3.36. The summed E-state index contributed by atoms with van der Waals surface area (Å²) in [6.07, 6.45) is 3.22. The Kier molecular flexibility index (Phi) is 3.59. The number of hydrogen-bond donors (Lipinski definition) is 1. The van der Waals surface area contributed by atoms with Crippen LogP contribution in [0.15, 0.2) is 0 Å². The second-order valence-electron chi connectivity index (χ2n) is 4.54. The molecule has 2 rings (SSSR count). The summed E-state index contributed by atoms with van der Waals surface area (Å²) in [6.45, 7) is 3.56. The Morgan fingerprint density at radius 1 is 1.53 bits per heavy atom. The monoisotopic (exact) mass is 212 g/mol. The van der Waals surface area contributed by atoms with Crippen molar-refractivity contribution in [3.05, 3.63) is 0 Å². The molecule has 15 heavy (non-hydrogen) atoms. The molecule has 2 atom stereocenters. The van der Waals surface area contributed by atoms with E-state index >= 15 is 0 Å². The van der Waals surface area contributed by atoms with Gasteiger partial charge in [-0.25, -0.2) is 0 Å². The van der Waals surface area contributed by atoms with Gasteiger partial charge in [0.1, 0.15) is 0 Å². The summed E-state index contributed by atoms with van der Waals surface area (Å²) in [5.41, 5.74) is 0. The van der Waals surface area contributed by atoms with Crippen LogP contribution in [0.3, 0.4) is 0 Å². The van der Waals surface area contributed by atoms with Crippen molar-refractivity contribution in [2.45, 2.75) is 25.3 Å². The molecule has 0 aromatic carbocycles.